The number of allylic oxidation sites excluding steroid dienone is 1. The highest BCUT2D eigenvalue weighted by Crippen LogP contribution is 2.44. The molecule has 1 heterocycles. The van der Waals surface area contributed by atoms with Crippen LogP contribution in [0.15, 0.2) is 84.9 Å². The first-order chi connectivity index (χ1) is 22.9. The van der Waals surface area contributed by atoms with Crippen molar-refractivity contribution in [3.8, 4) is 11.1 Å². The number of alkyl halides is 3. The Labute approximate surface area is 276 Å². The number of hydrogen-bond donors (Lipinski definition) is 1. The highest BCUT2D eigenvalue weighted by Gasteiger charge is 2.39. The average Bonchev–Trinajstić information content (AvgIpc) is 3.37. The number of hydrogen-bond acceptors (Lipinski definition) is 5. The predicted octanol–water partition coefficient (Wildman–Crippen LogP) is 5.59. The van der Waals surface area contributed by atoms with Crippen LogP contribution in [0.3, 0.4) is 0 Å². The van der Waals surface area contributed by atoms with Crippen molar-refractivity contribution in [1.29, 1.82) is 0 Å². The molecule has 12 heteroatoms. The second kappa shape index (κ2) is 14.3. The summed E-state index contributed by atoms with van der Waals surface area (Å²) < 4.78 is 45.4. The Bertz CT molecular complexity index is 1660. The maximum Gasteiger partial charge on any atom is 0.416 e. The topological polar surface area (TPSA) is 107 Å². The van der Waals surface area contributed by atoms with Gasteiger partial charge in [0.2, 0.25) is 11.8 Å². The standard InChI is InChI=1S/C36H36F3N3O6/c1-40(21-32(43)44)33(45)31(20-23-15-17-24(18-16-23)36(37,38)39)42-19-9-3-4-14-30(34(42)46)41(2)35(47)48-22-29-27-12-7-5-10-25(27)26-11-6-8-13-28(26)29/h3,5-13,15-18,29-31H,4,14,19-22H2,1-2H3,(H,43,44)/b9-3-/t30-,31-/m0/s1. The summed E-state index contributed by atoms with van der Waals surface area (Å²) in [4.78, 5) is 56.2. The van der Waals surface area contributed by atoms with E-state index in [0.717, 1.165) is 39.3 Å². The number of carboxylic acid groups (broad SMARTS) is 1. The Morgan fingerprint density at radius 3 is 2.12 bits per heavy atom. The Morgan fingerprint density at radius 2 is 1.54 bits per heavy atom. The van der Waals surface area contributed by atoms with E-state index in [4.69, 9.17) is 4.74 Å². The first-order valence-corrected chi connectivity index (χ1v) is 15.5. The van der Waals surface area contributed by atoms with E-state index in [1.165, 1.54) is 36.0 Å². The van der Waals surface area contributed by atoms with E-state index in [0.29, 0.717) is 12.0 Å². The first kappa shape index (κ1) is 34.2. The molecule has 1 aliphatic heterocycles. The van der Waals surface area contributed by atoms with Gasteiger partial charge in [-0.3, -0.25) is 19.3 Å². The summed E-state index contributed by atoms with van der Waals surface area (Å²) in [5.41, 5.74) is 3.66. The van der Waals surface area contributed by atoms with Crippen molar-refractivity contribution in [3.63, 3.8) is 0 Å². The van der Waals surface area contributed by atoms with Gasteiger partial charge >= 0.3 is 18.2 Å². The monoisotopic (exact) mass is 663 g/mol. The molecular formula is C36H36F3N3O6. The molecule has 252 valence electrons. The van der Waals surface area contributed by atoms with Gasteiger partial charge in [-0.1, -0.05) is 72.8 Å². The van der Waals surface area contributed by atoms with Gasteiger partial charge in [0, 0.05) is 33.0 Å². The van der Waals surface area contributed by atoms with E-state index >= 15 is 0 Å². The molecule has 3 amide bonds. The van der Waals surface area contributed by atoms with Crippen LogP contribution in [-0.4, -0.2) is 89.6 Å². The SMILES string of the molecule is CN(CC(=O)O)C(=O)[C@H](Cc1ccc(C(F)(F)F)cc1)N1C/C=C\CC[C@H](N(C)C(=O)OCC2c3ccccc3-c3ccccc32)C1=O. The molecule has 5 rings (SSSR count). The number of nitrogens with zero attached hydrogens (tertiary/aromatic N) is 3. The molecule has 3 aromatic carbocycles. The van der Waals surface area contributed by atoms with Crippen molar-refractivity contribution >= 4 is 23.9 Å². The van der Waals surface area contributed by atoms with E-state index in [2.05, 4.69) is 0 Å². The number of carbonyl (C=O) groups is 4. The Balaban J connectivity index is 1.37. The van der Waals surface area contributed by atoms with E-state index < -0.39 is 54.2 Å². The van der Waals surface area contributed by atoms with Crippen molar-refractivity contribution in [2.24, 2.45) is 0 Å². The Hall–Kier alpha value is -5.13. The van der Waals surface area contributed by atoms with Crippen molar-refractivity contribution in [1.82, 2.24) is 14.7 Å². The summed E-state index contributed by atoms with van der Waals surface area (Å²) in [6.45, 7) is -0.647. The number of carbonyl (C=O) groups excluding carboxylic acids is 3. The van der Waals surface area contributed by atoms with Gasteiger partial charge in [0.05, 0.1) is 5.56 Å². The van der Waals surface area contributed by atoms with E-state index in [-0.39, 0.29) is 31.9 Å². The lowest BCUT2D eigenvalue weighted by molar-refractivity contribution is -0.150. The number of benzene rings is 3. The number of carboxylic acids is 1. The summed E-state index contributed by atoms with van der Waals surface area (Å²) in [6, 6.07) is 17.7. The third-order valence-corrected chi connectivity index (χ3v) is 8.86. The van der Waals surface area contributed by atoms with Crippen LogP contribution in [0.25, 0.3) is 11.1 Å². The smallest absolute Gasteiger partial charge is 0.416 e. The molecule has 0 spiro atoms. The fourth-order valence-electron chi connectivity index (χ4n) is 6.35. The second-order valence-electron chi connectivity index (χ2n) is 12.0. The van der Waals surface area contributed by atoms with Crippen molar-refractivity contribution in [3.05, 3.63) is 107 Å². The third kappa shape index (κ3) is 7.37. The summed E-state index contributed by atoms with van der Waals surface area (Å²) >= 11 is 0. The van der Waals surface area contributed by atoms with E-state index in [1.54, 1.807) is 6.08 Å². The van der Waals surface area contributed by atoms with Crippen LogP contribution in [0.1, 0.15) is 41.0 Å². The molecule has 1 aliphatic carbocycles. The second-order valence-corrected chi connectivity index (χ2v) is 12.0. The van der Waals surface area contributed by atoms with Crippen LogP contribution < -0.4 is 0 Å². The number of aliphatic carboxylic acids is 1. The van der Waals surface area contributed by atoms with Crippen LogP contribution in [0.5, 0.6) is 0 Å². The fraction of sp³-hybridized carbons (Fsp3) is 0.333. The number of likely N-dealkylation sites (N-methyl/N-ethyl adjacent to an activating group) is 2. The van der Waals surface area contributed by atoms with Gasteiger partial charge in [-0.2, -0.15) is 13.2 Å². The number of amides is 3. The minimum absolute atomic E-state index is 0.0359. The molecular weight excluding hydrogens is 627 g/mol. The minimum Gasteiger partial charge on any atom is -0.480 e. The van der Waals surface area contributed by atoms with Gasteiger partial charge < -0.3 is 19.6 Å². The van der Waals surface area contributed by atoms with Crippen molar-refractivity contribution < 1.29 is 42.2 Å². The number of rotatable bonds is 9. The molecule has 9 nitrogen and oxygen atoms in total. The average molecular weight is 664 g/mol. The van der Waals surface area contributed by atoms with Crippen LogP contribution in [0.2, 0.25) is 0 Å². The third-order valence-electron chi connectivity index (χ3n) is 8.86. The molecule has 0 saturated carbocycles. The lowest BCUT2D eigenvalue weighted by atomic mass is 9.98. The summed E-state index contributed by atoms with van der Waals surface area (Å²) in [5, 5.41) is 9.32. The van der Waals surface area contributed by atoms with Gasteiger partial charge in [-0.25, -0.2) is 4.79 Å². The molecule has 0 unspecified atom stereocenters. The Morgan fingerprint density at radius 1 is 0.938 bits per heavy atom. The van der Waals surface area contributed by atoms with Crippen molar-refractivity contribution in [2.75, 3.05) is 33.8 Å². The number of fused-ring (bicyclic) bond motifs is 3. The lowest BCUT2D eigenvalue weighted by Crippen LogP contribution is -2.57. The summed E-state index contributed by atoms with van der Waals surface area (Å²) in [6.07, 6.45) is -1.27. The first-order valence-electron chi connectivity index (χ1n) is 15.5. The molecule has 48 heavy (non-hydrogen) atoms. The Kier molecular flexibility index (Phi) is 10.2. The predicted molar refractivity (Wildman–Crippen MR) is 171 cm³/mol. The van der Waals surface area contributed by atoms with Crippen LogP contribution in [-0.2, 0) is 31.7 Å². The van der Waals surface area contributed by atoms with Gasteiger partial charge in [0.15, 0.2) is 0 Å². The quantitative estimate of drug-likeness (QED) is 0.300. The number of ether oxygens (including phenoxy) is 1. The fourth-order valence-corrected chi connectivity index (χ4v) is 6.35. The van der Waals surface area contributed by atoms with Crippen LogP contribution >= 0.6 is 0 Å². The summed E-state index contributed by atoms with van der Waals surface area (Å²) in [5.74, 6) is -2.74. The largest absolute Gasteiger partial charge is 0.480 e. The van der Waals surface area contributed by atoms with Gasteiger partial charge in [0.25, 0.3) is 0 Å². The number of halogens is 3. The summed E-state index contributed by atoms with van der Waals surface area (Å²) in [7, 11) is 2.73. The van der Waals surface area contributed by atoms with Gasteiger partial charge in [-0.15, -0.1) is 0 Å². The van der Waals surface area contributed by atoms with Gasteiger partial charge in [0.1, 0.15) is 25.2 Å². The maximum atomic E-state index is 14.2. The lowest BCUT2D eigenvalue weighted by Gasteiger charge is -2.38. The molecule has 1 N–H and O–H groups in total. The van der Waals surface area contributed by atoms with E-state index in [1.807, 2.05) is 54.6 Å². The molecule has 0 bridgehead atoms. The van der Waals surface area contributed by atoms with Crippen molar-refractivity contribution in [2.45, 2.75) is 43.4 Å². The molecule has 0 fully saturated rings. The maximum absolute atomic E-state index is 14.2. The zero-order chi connectivity index (χ0) is 34.6. The normalized spacial score (nSPS) is 17.4. The zero-order valence-corrected chi connectivity index (χ0v) is 26.5. The van der Waals surface area contributed by atoms with Crippen LogP contribution in [0, 0.1) is 0 Å². The molecule has 2 aliphatic rings. The molecule has 0 aromatic heterocycles. The zero-order valence-electron chi connectivity index (χ0n) is 26.5. The molecule has 3 aromatic rings. The van der Waals surface area contributed by atoms with Crippen LogP contribution in [0.4, 0.5) is 18.0 Å². The minimum atomic E-state index is -4.56. The molecule has 0 saturated heterocycles. The molecule has 2 atom stereocenters. The van der Waals surface area contributed by atoms with Gasteiger partial charge in [-0.05, 0) is 52.8 Å². The van der Waals surface area contributed by atoms with E-state index in [9.17, 15) is 37.5 Å². The highest BCUT2D eigenvalue weighted by molar-refractivity contribution is 5.92. The highest BCUT2D eigenvalue weighted by atomic mass is 19.4. The molecule has 0 radical (unpaired) electrons.